The third kappa shape index (κ3) is 6.43. The van der Waals surface area contributed by atoms with Gasteiger partial charge in [-0.3, -0.25) is 10.2 Å². The Morgan fingerprint density at radius 1 is 1.17 bits per heavy atom. The minimum Gasteiger partial charge on any atom is -0.487 e. The first-order valence-electron chi connectivity index (χ1n) is 11.8. The number of piperidine rings is 1. The molecule has 166 valence electrons. The van der Waals surface area contributed by atoms with Crippen LogP contribution in [0, 0.1) is 11.8 Å². The second-order valence-electron chi connectivity index (χ2n) is 9.18. The number of methoxy groups -OCH3 is 1. The maximum Gasteiger partial charge on any atom is 0.173 e. The van der Waals surface area contributed by atoms with Crippen molar-refractivity contribution in [2.24, 2.45) is 11.8 Å². The van der Waals surface area contributed by atoms with E-state index in [-0.39, 0.29) is 0 Å². The average Bonchev–Trinajstić information content (AvgIpc) is 3.29. The molecule has 0 amide bonds. The van der Waals surface area contributed by atoms with Gasteiger partial charge in [0.15, 0.2) is 5.06 Å². The maximum atomic E-state index is 6.03. The van der Waals surface area contributed by atoms with Gasteiger partial charge in [-0.2, -0.15) is 0 Å². The number of nitrogens with zero attached hydrogens (tertiary/aromatic N) is 1. The lowest BCUT2D eigenvalue weighted by Crippen LogP contribution is -2.43. The van der Waals surface area contributed by atoms with E-state index >= 15 is 0 Å². The highest BCUT2D eigenvalue weighted by molar-refractivity contribution is 7.13. The Kier molecular flexibility index (Phi) is 9.29. The largest absolute Gasteiger partial charge is 0.487 e. The van der Waals surface area contributed by atoms with Crippen molar-refractivity contribution in [1.82, 2.24) is 10.2 Å². The van der Waals surface area contributed by atoms with Gasteiger partial charge in [0.2, 0.25) is 0 Å². The molecule has 0 aromatic carbocycles. The summed E-state index contributed by atoms with van der Waals surface area (Å²) >= 11 is 1.76. The fourth-order valence-electron chi connectivity index (χ4n) is 5.36. The number of rotatable bonds is 13. The van der Waals surface area contributed by atoms with E-state index in [4.69, 9.17) is 9.47 Å². The van der Waals surface area contributed by atoms with Crippen LogP contribution in [0.2, 0.25) is 0 Å². The Morgan fingerprint density at radius 3 is 2.55 bits per heavy atom. The highest BCUT2D eigenvalue weighted by atomic mass is 32.1. The van der Waals surface area contributed by atoms with E-state index < -0.39 is 0 Å². The summed E-state index contributed by atoms with van der Waals surface area (Å²) in [4.78, 5) is 4.18. The standard InChI is InChI=1S/C24H42N2O2S/c1-5-7-19(6-2)16-28-17-25-22(23-10-11-24(27-4)29-23)12-13-26-20-8-9-21(26)15-18(3)14-20/h10-11,18-22,25H,5-9,12-17H2,1-4H3/t18?,19?,20?,21?,22-/m0/s1. The summed E-state index contributed by atoms with van der Waals surface area (Å²) in [7, 11) is 1.76. The van der Waals surface area contributed by atoms with E-state index in [2.05, 4.69) is 43.1 Å². The molecule has 0 radical (unpaired) electrons. The minimum absolute atomic E-state index is 0.342. The van der Waals surface area contributed by atoms with Crippen molar-refractivity contribution in [2.75, 3.05) is 27.0 Å². The molecule has 3 heterocycles. The summed E-state index contributed by atoms with van der Waals surface area (Å²) < 4.78 is 11.5. The van der Waals surface area contributed by atoms with Gasteiger partial charge in [0.1, 0.15) is 0 Å². The molecule has 2 fully saturated rings. The normalized spacial score (nSPS) is 26.6. The molecule has 1 aromatic rings. The van der Waals surface area contributed by atoms with Crippen molar-refractivity contribution in [3.63, 3.8) is 0 Å². The Labute approximate surface area is 182 Å². The van der Waals surface area contributed by atoms with Crippen LogP contribution in [-0.2, 0) is 4.74 Å². The van der Waals surface area contributed by atoms with Gasteiger partial charge in [0, 0.05) is 29.5 Å². The van der Waals surface area contributed by atoms with Gasteiger partial charge in [0.05, 0.1) is 20.4 Å². The van der Waals surface area contributed by atoms with Gasteiger partial charge in [0.25, 0.3) is 0 Å². The second-order valence-corrected chi connectivity index (χ2v) is 10.3. The van der Waals surface area contributed by atoms with Crippen LogP contribution in [0.15, 0.2) is 12.1 Å². The molecule has 5 heteroatoms. The number of nitrogens with one attached hydrogen (secondary N) is 1. The van der Waals surface area contributed by atoms with E-state index in [1.54, 1.807) is 18.4 Å². The number of ether oxygens (including phenoxy) is 2. The number of hydrogen-bond donors (Lipinski definition) is 1. The molecule has 0 aliphatic carbocycles. The van der Waals surface area contributed by atoms with E-state index in [9.17, 15) is 0 Å². The predicted octanol–water partition coefficient (Wildman–Crippen LogP) is 5.84. The Balaban J connectivity index is 1.52. The molecule has 2 bridgehead atoms. The van der Waals surface area contributed by atoms with Crippen LogP contribution in [0.25, 0.3) is 0 Å². The fraction of sp³-hybridized carbons (Fsp3) is 0.833. The van der Waals surface area contributed by atoms with Crippen molar-refractivity contribution in [3.8, 4) is 5.06 Å². The van der Waals surface area contributed by atoms with E-state index in [1.165, 1.54) is 56.4 Å². The molecule has 0 saturated carbocycles. The van der Waals surface area contributed by atoms with Crippen LogP contribution < -0.4 is 10.1 Å². The van der Waals surface area contributed by atoms with Crippen molar-refractivity contribution in [2.45, 2.75) is 90.3 Å². The molecular formula is C24H42N2O2S. The maximum absolute atomic E-state index is 6.03. The first-order valence-corrected chi connectivity index (χ1v) is 12.7. The summed E-state index contributed by atoms with van der Waals surface area (Å²) in [6, 6.07) is 6.29. The lowest BCUT2D eigenvalue weighted by atomic mass is 9.92. The number of hydrogen-bond acceptors (Lipinski definition) is 5. The van der Waals surface area contributed by atoms with Crippen LogP contribution in [-0.4, -0.2) is 44.0 Å². The van der Waals surface area contributed by atoms with Gasteiger partial charge < -0.3 is 9.47 Å². The molecule has 1 N–H and O–H groups in total. The molecule has 0 spiro atoms. The lowest BCUT2D eigenvalue weighted by molar-refractivity contribution is 0.0683. The minimum atomic E-state index is 0.342. The van der Waals surface area contributed by atoms with E-state index in [1.807, 2.05) is 0 Å². The fourth-order valence-corrected chi connectivity index (χ4v) is 6.30. The van der Waals surface area contributed by atoms with Crippen molar-refractivity contribution < 1.29 is 9.47 Å². The first-order chi connectivity index (χ1) is 14.1. The Bertz CT molecular complexity index is 579. The van der Waals surface area contributed by atoms with Crippen LogP contribution in [0.3, 0.4) is 0 Å². The lowest BCUT2D eigenvalue weighted by Gasteiger charge is -2.38. The van der Waals surface area contributed by atoms with Crippen LogP contribution in [0.4, 0.5) is 0 Å². The topological polar surface area (TPSA) is 33.7 Å². The zero-order valence-corrected chi connectivity index (χ0v) is 19.8. The quantitative estimate of drug-likeness (QED) is 0.320. The van der Waals surface area contributed by atoms with Crippen molar-refractivity contribution in [3.05, 3.63) is 17.0 Å². The zero-order chi connectivity index (χ0) is 20.6. The Hall–Kier alpha value is -0.620. The van der Waals surface area contributed by atoms with Gasteiger partial charge in [-0.1, -0.05) is 33.6 Å². The van der Waals surface area contributed by atoms with Crippen molar-refractivity contribution >= 4 is 11.3 Å². The summed E-state index contributed by atoms with van der Waals surface area (Å²) in [5, 5.41) is 4.69. The first kappa shape index (κ1) is 23.1. The molecule has 2 aliphatic rings. The van der Waals surface area contributed by atoms with Gasteiger partial charge in [-0.05, 0) is 62.5 Å². The van der Waals surface area contributed by atoms with Crippen molar-refractivity contribution in [1.29, 1.82) is 0 Å². The highest BCUT2D eigenvalue weighted by Gasteiger charge is 2.39. The monoisotopic (exact) mass is 422 g/mol. The molecule has 3 unspecified atom stereocenters. The summed E-state index contributed by atoms with van der Waals surface area (Å²) in [5.74, 6) is 1.59. The molecule has 2 aliphatic heterocycles. The number of fused-ring (bicyclic) bond motifs is 2. The van der Waals surface area contributed by atoms with E-state index in [0.29, 0.717) is 18.7 Å². The third-order valence-electron chi connectivity index (χ3n) is 7.00. The molecule has 1 aromatic heterocycles. The van der Waals surface area contributed by atoms with Crippen LogP contribution in [0.1, 0.15) is 83.1 Å². The molecule has 4 atom stereocenters. The smallest absolute Gasteiger partial charge is 0.173 e. The Morgan fingerprint density at radius 2 is 1.93 bits per heavy atom. The summed E-state index contributed by atoms with van der Waals surface area (Å²) in [5.41, 5.74) is 0. The van der Waals surface area contributed by atoms with Gasteiger partial charge in [-0.25, -0.2) is 0 Å². The molecule has 4 nitrogen and oxygen atoms in total. The SMILES string of the molecule is CCCC(CC)COCN[C@@H](CCN1C2CCC1CC(C)C2)c1ccc(OC)s1. The van der Waals surface area contributed by atoms with Gasteiger partial charge in [-0.15, -0.1) is 11.3 Å². The molecule has 2 saturated heterocycles. The van der Waals surface area contributed by atoms with Crippen LogP contribution >= 0.6 is 11.3 Å². The summed E-state index contributed by atoms with van der Waals surface area (Å²) in [6.45, 7) is 9.65. The highest BCUT2D eigenvalue weighted by Crippen LogP contribution is 2.39. The molecule has 29 heavy (non-hydrogen) atoms. The zero-order valence-electron chi connectivity index (χ0n) is 19.0. The predicted molar refractivity (Wildman–Crippen MR) is 123 cm³/mol. The average molecular weight is 423 g/mol. The summed E-state index contributed by atoms with van der Waals surface area (Å²) in [6.07, 6.45) is 10.4. The van der Waals surface area contributed by atoms with Gasteiger partial charge >= 0.3 is 0 Å². The van der Waals surface area contributed by atoms with Crippen LogP contribution in [0.5, 0.6) is 5.06 Å². The number of thiophene rings is 1. The molecular weight excluding hydrogens is 380 g/mol. The van der Waals surface area contributed by atoms with E-state index in [0.717, 1.165) is 36.1 Å². The molecule has 3 rings (SSSR count). The third-order valence-corrected chi connectivity index (χ3v) is 8.16. The second kappa shape index (κ2) is 11.7.